The smallest absolute Gasteiger partial charge is 0.150 e. The minimum atomic E-state index is 0.700. The lowest BCUT2D eigenvalue weighted by Crippen LogP contribution is -1.83. The van der Waals surface area contributed by atoms with E-state index in [1.807, 2.05) is 42.6 Å². The van der Waals surface area contributed by atoms with Gasteiger partial charge in [-0.1, -0.05) is 36.4 Å². The molecule has 82 valence electrons. The van der Waals surface area contributed by atoms with Crippen LogP contribution in [0.25, 0.3) is 22.0 Å². The number of hydrogen-bond donors (Lipinski definition) is 1. The van der Waals surface area contributed by atoms with Crippen LogP contribution in [0.2, 0.25) is 0 Å². The first kappa shape index (κ1) is 9.85. The Morgan fingerprint density at radius 1 is 1.00 bits per heavy atom. The molecule has 0 spiro atoms. The van der Waals surface area contributed by atoms with E-state index in [2.05, 4.69) is 17.1 Å². The molecular formula is C15H11NO. The molecule has 1 heterocycles. The van der Waals surface area contributed by atoms with Crippen LogP contribution in [0.1, 0.15) is 10.4 Å². The molecule has 0 fully saturated rings. The molecule has 3 rings (SSSR count). The highest BCUT2D eigenvalue weighted by atomic mass is 16.1. The number of benzene rings is 2. The predicted molar refractivity (Wildman–Crippen MR) is 69.1 cm³/mol. The van der Waals surface area contributed by atoms with E-state index >= 15 is 0 Å². The van der Waals surface area contributed by atoms with Gasteiger partial charge in [-0.3, -0.25) is 4.79 Å². The zero-order valence-corrected chi connectivity index (χ0v) is 9.18. The Labute approximate surface area is 98.9 Å². The van der Waals surface area contributed by atoms with Crippen molar-refractivity contribution in [1.82, 2.24) is 4.98 Å². The van der Waals surface area contributed by atoms with Gasteiger partial charge in [0.2, 0.25) is 0 Å². The summed E-state index contributed by atoms with van der Waals surface area (Å²) in [6, 6.07) is 15.8. The molecule has 0 unspecified atom stereocenters. The highest BCUT2D eigenvalue weighted by Gasteiger charge is 2.04. The van der Waals surface area contributed by atoms with Crippen LogP contribution in [-0.2, 0) is 0 Å². The second kappa shape index (κ2) is 3.91. The van der Waals surface area contributed by atoms with Gasteiger partial charge in [-0.25, -0.2) is 0 Å². The molecule has 3 aromatic rings. The van der Waals surface area contributed by atoms with Crippen molar-refractivity contribution in [1.29, 1.82) is 0 Å². The number of rotatable bonds is 2. The van der Waals surface area contributed by atoms with E-state index in [1.54, 1.807) is 0 Å². The number of carbonyl (C=O) groups is 1. The van der Waals surface area contributed by atoms with Crippen molar-refractivity contribution in [3.05, 3.63) is 60.3 Å². The van der Waals surface area contributed by atoms with Crippen molar-refractivity contribution in [2.75, 3.05) is 0 Å². The van der Waals surface area contributed by atoms with Crippen LogP contribution in [0.4, 0.5) is 0 Å². The maximum atomic E-state index is 10.8. The van der Waals surface area contributed by atoms with Gasteiger partial charge < -0.3 is 4.98 Å². The van der Waals surface area contributed by atoms with Gasteiger partial charge in [-0.2, -0.15) is 0 Å². The second-order valence-corrected chi connectivity index (χ2v) is 3.99. The lowest BCUT2D eigenvalue weighted by atomic mass is 10.0. The molecular weight excluding hydrogens is 210 g/mol. The molecule has 2 nitrogen and oxygen atoms in total. The number of aldehydes is 1. The van der Waals surface area contributed by atoms with Gasteiger partial charge in [0, 0.05) is 17.3 Å². The quantitative estimate of drug-likeness (QED) is 0.658. The summed E-state index contributed by atoms with van der Waals surface area (Å²) < 4.78 is 0. The van der Waals surface area contributed by atoms with Gasteiger partial charge >= 0.3 is 0 Å². The fraction of sp³-hybridized carbons (Fsp3) is 0. The normalized spacial score (nSPS) is 10.6. The first-order valence-electron chi connectivity index (χ1n) is 5.50. The zero-order chi connectivity index (χ0) is 11.7. The first-order valence-corrected chi connectivity index (χ1v) is 5.50. The van der Waals surface area contributed by atoms with Crippen molar-refractivity contribution < 1.29 is 4.79 Å². The monoisotopic (exact) mass is 221 g/mol. The molecule has 0 aliphatic rings. The predicted octanol–water partition coefficient (Wildman–Crippen LogP) is 3.65. The zero-order valence-electron chi connectivity index (χ0n) is 9.18. The third-order valence-electron chi connectivity index (χ3n) is 2.92. The van der Waals surface area contributed by atoms with Gasteiger partial charge in [0.15, 0.2) is 0 Å². The number of para-hydroxylation sites is 1. The molecule has 0 saturated heterocycles. The van der Waals surface area contributed by atoms with Crippen LogP contribution >= 0.6 is 0 Å². The van der Waals surface area contributed by atoms with Crippen molar-refractivity contribution in [2.24, 2.45) is 0 Å². The maximum Gasteiger partial charge on any atom is 0.150 e. The van der Waals surface area contributed by atoms with Gasteiger partial charge in [0.1, 0.15) is 6.29 Å². The number of aromatic nitrogens is 1. The third kappa shape index (κ3) is 1.64. The van der Waals surface area contributed by atoms with Crippen LogP contribution in [0, 0.1) is 0 Å². The summed E-state index contributed by atoms with van der Waals surface area (Å²) in [6.45, 7) is 0. The Hall–Kier alpha value is -2.35. The number of fused-ring (bicyclic) bond motifs is 1. The summed E-state index contributed by atoms with van der Waals surface area (Å²) in [6.07, 6.45) is 2.80. The first-order chi connectivity index (χ1) is 8.38. The van der Waals surface area contributed by atoms with E-state index in [0.717, 1.165) is 22.9 Å². The summed E-state index contributed by atoms with van der Waals surface area (Å²) in [7, 11) is 0. The van der Waals surface area contributed by atoms with Crippen molar-refractivity contribution in [3.8, 4) is 11.1 Å². The molecule has 0 saturated carbocycles. The van der Waals surface area contributed by atoms with Crippen LogP contribution in [0.3, 0.4) is 0 Å². The molecule has 1 aromatic heterocycles. The van der Waals surface area contributed by atoms with Gasteiger partial charge in [-0.15, -0.1) is 0 Å². The number of hydrogen-bond acceptors (Lipinski definition) is 1. The van der Waals surface area contributed by atoms with Crippen molar-refractivity contribution in [3.63, 3.8) is 0 Å². The average molecular weight is 221 g/mol. The molecule has 0 bridgehead atoms. The van der Waals surface area contributed by atoms with E-state index in [4.69, 9.17) is 0 Å². The van der Waals surface area contributed by atoms with E-state index < -0.39 is 0 Å². The number of nitrogens with one attached hydrogen (secondary N) is 1. The fourth-order valence-electron chi connectivity index (χ4n) is 2.10. The largest absolute Gasteiger partial charge is 0.361 e. The average Bonchev–Trinajstić information content (AvgIpc) is 2.87. The van der Waals surface area contributed by atoms with E-state index in [-0.39, 0.29) is 0 Å². The Morgan fingerprint density at radius 3 is 2.76 bits per heavy atom. The minimum Gasteiger partial charge on any atom is -0.361 e. The maximum absolute atomic E-state index is 10.8. The van der Waals surface area contributed by atoms with Gasteiger partial charge in [0.05, 0.1) is 5.52 Å². The fourth-order valence-corrected chi connectivity index (χ4v) is 2.10. The Morgan fingerprint density at radius 2 is 1.88 bits per heavy atom. The van der Waals surface area contributed by atoms with Crippen LogP contribution in [0.15, 0.2) is 54.7 Å². The topological polar surface area (TPSA) is 32.9 Å². The molecule has 0 atom stereocenters. The molecule has 1 N–H and O–H groups in total. The van der Waals surface area contributed by atoms with Gasteiger partial charge in [-0.05, 0) is 23.1 Å². The molecule has 0 amide bonds. The SMILES string of the molecule is O=Cc1cccc(-c2cccc3cc[nH]c23)c1. The summed E-state index contributed by atoms with van der Waals surface area (Å²) in [5.41, 5.74) is 3.99. The van der Waals surface area contributed by atoms with E-state index in [1.165, 1.54) is 5.39 Å². The summed E-state index contributed by atoms with van der Waals surface area (Å²) in [5.74, 6) is 0. The highest BCUT2D eigenvalue weighted by molar-refractivity contribution is 5.94. The summed E-state index contributed by atoms with van der Waals surface area (Å²) in [5, 5.41) is 1.18. The molecule has 0 radical (unpaired) electrons. The van der Waals surface area contributed by atoms with Crippen molar-refractivity contribution >= 4 is 17.2 Å². The van der Waals surface area contributed by atoms with E-state index in [9.17, 15) is 4.79 Å². The van der Waals surface area contributed by atoms with Crippen LogP contribution in [0.5, 0.6) is 0 Å². The number of carbonyl (C=O) groups excluding carboxylic acids is 1. The highest BCUT2D eigenvalue weighted by Crippen LogP contribution is 2.27. The Kier molecular flexibility index (Phi) is 2.26. The van der Waals surface area contributed by atoms with Gasteiger partial charge in [0.25, 0.3) is 0 Å². The standard InChI is InChI=1S/C15H11NO/c17-10-11-3-1-5-13(9-11)14-6-2-4-12-7-8-16-15(12)14/h1-10,16H. The van der Waals surface area contributed by atoms with Crippen LogP contribution < -0.4 is 0 Å². The number of H-pyrrole nitrogens is 1. The molecule has 0 aliphatic heterocycles. The van der Waals surface area contributed by atoms with Crippen molar-refractivity contribution in [2.45, 2.75) is 0 Å². The Bertz CT molecular complexity index is 682. The lowest BCUT2D eigenvalue weighted by Gasteiger charge is -2.04. The molecule has 17 heavy (non-hydrogen) atoms. The minimum absolute atomic E-state index is 0.700. The second-order valence-electron chi connectivity index (χ2n) is 3.99. The summed E-state index contributed by atoms with van der Waals surface area (Å²) >= 11 is 0. The molecule has 2 heteroatoms. The lowest BCUT2D eigenvalue weighted by molar-refractivity contribution is 0.112. The molecule has 2 aromatic carbocycles. The Balaban J connectivity index is 2.26. The third-order valence-corrected chi connectivity index (χ3v) is 2.92. The van der Waals surface area contributed by atoms with Crippen LogP contribution in [-0.4, -0.2) is 11.3 Å². The summed E-state index contributed by atoms with van der Waals surface area (Å²) in [4.78, 5) is 14.0. The van der Waals surface area contributed by atoms with E-state index in [0.29, 0.717) is 5.56 Å². The molecule has 0 aliphatic carbocycles. The number of aromatic amines is 1.